The van der Waals surface area contributed by atoms with Gasteiger partial charge in [0.15, 0.2) is 0 Å². The Morgan fingerprint density at radius 1 is 1.00 bits per heavy atom. The zero-order valence-corrected chi connectivity index (χ0v) is 10.1. The third-order valence-electron chi connectivity index (χ3n) is 2.52. The van der Waals surface area contributed by atoms with Gasteiger partial charge in [-0.2, -0.15) is 13.2 Å². The van der Waals surface area contributed by atoms with E-state index in [2.05, 4.69) is 15.6 Å². The summed E-state index contributed by atoms with van der Waals surface area (Å²) in [5, 5.41) is 5.89. The molecule has 2 rings (SSSR count). The lowest BCUT2D eigenvalue weighted by Crippen LogP contribution is -2.04. The van der Waals surface area contributed by atoms with E-state index in [1.54, 1.807) is 25.4 Å². The minimum Gasteiger partial charge on any atom is -0.373 e. The minimum absolute atomic E-state index is 0.584. The van der Waals surface area contributed by atoms with Crippen LogP contribution in [0.5, 0.6) is 0 Å². The van der Waals surface area contributed by atoms with E-state index >= 15 is 0 Å². The maximum atomic E-state index is 12.4. The van der Waals surface area contributed by atoms with Gasteiger partial charge in [-0.15, -0.1) is 0 Å². The number of benzene rings is 1. The average Bonchev–Trinajstić information content (AvgIpc) is 2.38. The predicted octanol–water partition coefficient (Wildman–Crippen LogP) is 3.89. The number of aromatic nitrogens is 1. The van der Waals surface area contributed by atoms with Crippen molar-refractivity contribution in [3.63, 3.8) is 0 Å². The summed E-state index contributed by atoms with van der Waals surface area (Å²) in [5.41, 5.74) is 0.670. The van der Waals surface area contributed by atoms with Crippen LogP contribution >= 0.6 is 0 Å². The zero-order chi connectivity index (χ0) is 13.9. The van der Waals surface area contributed by atoms with Crippen molar-refractivity contribution in [2.75, 3.05) is 17.7 Å². The number of nitrogens with one attached hydrogen (secondary N) is 2. The van der Waals surface area contributed by atoms with Gasteiger partial charge in [0.2, 0.25) is 0 Å². The number of alkyl halides is 3. The third kappa shape index (κ3) is 3.37. The number of anilines is 3. The number of pyridine rings is 1. The summed E-state index contributed by atoms with van der Waals surface area (Å²) < 4.78 is 37.2. The van der Waals surface area contributed by atoms with Gasteiger partial charge in [-0.3, -0.25) is 0 Å². The molecule has 2 aromatic rings. The van der Waals surface area contributed by atoms with E-state index < -0.39 is 11.7 Å². The van der Waals surface area contributed by atoms with Crippen molar-refractivity contribution in [3.8, 4) is 0 Å². The molecule has 100 valence electrons. The molecular formula is C13H12F3N3. The van der Waals surface area contributed by atoms with Crippen LogP contribution in [0.3, 0.4) is 0 Å². The molecule has 1 aromatic carbocycles. The second-order valence-electron chi connectivity index (χ2n) is 3.88. The smallest absolute Gasteiger partial charge is 0.373 e. The summed E-state index contributed by atoms with van der Waals surface area (Å²) in [6.45, 7) is 0. The summed E-state index contributed by atoms with van der Waals surface area (Å²) in [7, 11) is 1.74. The average molecular weight is 267 g/mol. The fourth-order valence-corrected chi connectivity index (χ4v) is 1.55. The summed E-state index contributed by atoms with van der Waals surface area (Å²) in [5.74, 6) is 0.678. The Hall–Kier alpha value is -2.24. The Morgan fingerprint density at radius 2 is 1.68 bits per heavy atom. The predicted molar refractivity (Wildman–Crippen MR) is 68.5 cm³/mol. The maximum absolute atomic E-state index is 12.4. The number of nitrogens with zero attached hydrogens (tertiary/aromatic N) is 1. The van der Waals surface area contributed by atoms with Gasteiger partial charge < -0.3 is 10.6 Å². The van der Waals surface area contributed by atoms with Gasteiger partial charge in [-0.25, -0.2) is 4.98 Å². The maximum Gasteiger partial charge on any atom is 0.416 e. The van der Waals surface area contributed by atoms with Crippen molar-refractivity contribution in [3.05, 3.63) is 48.2 Å². The Bertz CT molecular complexity index is 550. The first-order valence-electron chi connectivity index (χ1n) is 5.57. The van der Waals surface area contributed by atoms with Crippen LogP contribution in [0, 0.1) is 0 Å². The molecule has 1 aromatic heterocycles. The molecule has 0 spiro atoms. The van der Waals surface area contributed by atoms with Gasteiger partial charge in [-0.1, -0.05) is 0 Å². The Morgan fingerprint density at radius 3 is 2.26 bits per heavy atom. The number of halogens is 3. The van der Waals surface area contributed by atoms with E-state index in [4.69, 9.17) is 0 Å². The van der Waals surface area contributed by atoms with E-state index in [0.29, 0.717) is 11.5 Å². The highest BCUT2D eigenvalue weighted by Crippen LogP contribution is 2.30. The molecule has 2 N–H and O–H groups in total. The largest absolute Gasteiger partial charge is 0.416 e. The quantitative estimate of drug-likeness (QED) is 0.886. The van der Waals surface area contributed by atoms with Crippen LogP contribution in [0.25, 0.3) is 0 Å². The Labute approximate surface area is 108 Å². The highest BCUT2D eigenvalue weighted by Gasteiger charge is 2.29. The summed E-state index contributed by atoms with van der Waals surface area (Å²) >= 11 is 0. The molecule has 0 saturated carbocycles. The zero-order valence-electron chi connectivity index (χ0n) is 10.1. The van der Waals surface area contributed by atoms with Gasteiger partial charge in [0.05, 0.1) is 5.56 Å². The lowest BCUT2D eigenvalue weighted by Gasteiger charge is -2.10. The molecule has 0 bridgehead atoms. The summed E-state index contributed by atoms with van der Waals surface area (Å²) in [6, 6.07) is 8.37. The van der Waals surface area contributed by atoms with Gasteiger partial charge >= 0.3 is 6.18 Å². The van der Waals surface area contributed by atoms with E-state index in [0.717, 1.165) is 17.8 Å². The SMILES string of the molecule is CNc1cc(Nc2ccc(C(F)(F)F)cc2)ccn1. The van der Waals surface area contributed by atoms with Gasteiger partial charge in [-0.05, 0) is 30.3 Å². The molecule has 0 atom stereocenters. The van der Waals surface area contributed by atoms with Crippen LogP contribution in [0.4, 0.5) is 30.4 Å². The van der Waals surface area contributed by atoms with Crippen molar-refractivity contribution in [2.45, 2.75) is 6.18 Å². The van der Waals surface area contributed by atoms with Crippen molar-refractivity contribution >= 4 is 17.2 Å². The topological polar surface area (TPSA) is 37.0 Å². The molecule has 3 nitrogen and oxygen atoms in total. The van der Waals surface area contributed by atoms with E-state index in [1.165, 1.54) is 12.1 Å². The summed E-state index contributed by atoms with van der Waals surface area (Å²) in [4.78, 5) is 4.05. The molecule has 0 saturated heterocycles. The van der Waals surface area contributed by atoms with Gasteiger partial charge in [0.1, 0.15) is 5.82 Å². The van der Waals surface area contributed by atoms with Crippen LogP contribution in [0.15, 0.2) is 42.6 Å². The highest BCUT2D eigenvalue weighted by molar-refractivity contribution is 5.62. The molecule has 0 aliphatic heterocycles. The molecule has 19 heavy (non-hydrogen) atoms. The lowest BCUT2D eigenvalue weighted by molar-refractivity contribution is -0.137. The molecule has 6 heteroatoms. The molecular weight excluding hydrogens is 255 g/mol. The first kappa shape index (κ1) is 13.2. The monoisotopic (exact) mass is 267 g/mol. The molecule has 0 radical (unpaired) electrons. The molecule has 0 unspecified atom stereocenters. The lowest BCUT2D eigenvalue weighted by atomic mass is 10.2. The standard InChI is InChI=1S/C13H12F3N3/c1-17-12-8-11(6-7-18-12)19-10-4-2-9(3-5-10)13(14,15)16/h2-8H,1H3,(H2,17,18,19). The first-order valence-corrected chi connectivity index (χ1v) is 5.57. The first-order chi connectivity index (χ1) is 8.99. The van der Waals surface area contributed by atoms with E-state index in [1.807, 2.05) is 0 Å². The molecule has 0 aliphatic rings. The highest BCUT2D eigenvalue weighted by atomic mass is 19.4. The van der Waals surface area contributed by atoms with Crippen molar-refractivity contribution in [2.24, 2.45) is 0 Å². The number of rotatable bonds is 3. The Balaban J connectivity index is 2.15. The van der Waals surface area contributed by atoms with Crippen LogP contribution in [0.2, 0.25) is 0 Å². The Kier molecular flexibility index (Phi) is 3.59. The van der Waals surface area contributed by atoms with Crippen LogP contribution in [0.1, 0.15) is 5.56 Å². The van der Waals surface area contributed by atoms with Crippen LogP contribution < -0.4 is 10.6 Å². The fourth-order valence-electron chi connectivity index (χ4n) is 1.55. The fraction of sp³-hybridized carbons (Fsp3) is 0.154. The van der Waals surface area contributed by atoms with E-state index in [9.17, 15) is 13.2 Å². The van der Waals surface area contributed by atoms with Crippen molar-refractivity contribution < 1.29 is 13.2 Å². The molecule has 0 fully saturated rings. The van der Waals surface area contributed by atoms with E-state index in [-0.39, 0.29) is 0 Å². The molecule has 1 heterocycles. The second kappa shape index (κ2) is 5.17. The number of hydrogen-bond donors (Lipinski definition) is 2. The summed E-state index contributed by atoms with van der Waals surface area (Å²) in [6.07, 6.45) is -2.70. The van der Waals surface area contributed by atoms with Crippen LogP contribution in [-0.4, -0.2) is 12.0 Å². The molecule has 0 aliphatic carbocycles. The van der Waals surface area contributed by atoms with Gasteiger partial charge in [0, 0.05) is 30.7 Å². The third-order valence-corrected chi connectivity index (χ3v) is 2.52. The normalized spacial score (nSPS) is 11.2. The van der Waals surface area contributed by atoms with Crippen molar-refractivity contribution in [1.82, 2.24) is 4.98 Å². The minimum atomic E-state index is -4.31. The van der Waals surface area contributed by atoms with Gasteiger partial charge in [0.25, 0.3) is 0 Å². The van der Waals surface area contributed by atoms with Crippen molar-refractivity contribution in [1.29, 1.82) is 0 Å². The molecule has 0 amide bonds. The second-order valence-corrected chi connectivity index (χ2v) is 3.88. The van der Waals surface area contributed by atoms with Crippen LogP contribution in [-0.2, 0) is 6.18 Å². The number of hydrogen-bond acceptors (Lipinski definition) is 3.